The molecule has 0 bridgehead atoms. The van der Waals surface area contributed by atoms with Crippen LogP contribution in [-0.2, 0) is 65.6 Å². The fourth-order valence-electron chi connectivity index (χ4n) is 9.69. The van der Waals surface area contributed by atoms with Crippen LogP contribution in [0.4, 0.5) is 11.4 Å². The van der Waals surface area contributed by atoms with Gasteiger partial charge < -0.3 is 43.0 Å². The fraction of sp³-hybridized carbons (Fsp3) is 0.413. The van der Waals surface area contributed by atoms with Crippen molar-refractivity contribution in [2.45, 2.75) is 84.8 Å². The Bertz CT molecular complexity index is 3330. The maximum absolute atomic E-state index is 13.4. The molecule has 0 spiro atoms. The SMILES string of the molecule is COCCNC(=O)c1cc(S(=O)(=O)[O-])c2ccc3c(c2c1)C(C)(C)C(/C=C/C=C1/N(CCOC)c2ccc4c(S(=O)(=O)[O-])cc(S(=O)(=O)[O-])cc4c2C1(C)CCCS(=O)(=O)[O-])=[N+]3CCCCCC(=O)O. The number of amides is 1. The maximum Gasteiger partial charge on any atom is 0.303 e. The van der Waals surface area contributed by atoms with E-state index in [0.29, 0.717) is 65.6 Å². The zero-order valence-electron chi connectivity index (χ0n) is 38.8. The van der Waals surface area contributed by atoms with Crippen LogP contribution in [0, 0.1) is 0 Å². The lowest BCUT2D eigenvalue weighted by Gasteiger charge is -2.31. The largest absolute Gasteiger partial charge is 0.748 e. The molecule has 24 heteroatoms. The number of methoxy groups -OCH3 is 2. The Morgan fingerprint density at radius 1 is 0.757 bits per heavy atom. The number of ether oxygens (including phenoxy) is 2. The monoisotopic (exact) mass is 1050 g/mol. The van der Waals surface area contributed by atoms with E-state index in [9.17, 15) is 66.6 Å². The first-order valence-corrected chi connectivity index (χ1v) is 27.7. The standard InChI is InChI=1S/C46H55N3O17S4/c1-45(2)39(48(20-8-6-7-13-41(50)51)35-16-14-31-33(42(35)45)25-29(26-37(31)69(59,60)61)44(52)47-19-22-65-4)11-9-12-40-46(3,18-10-24-67(53,54)55)43-34-27-30(68(56,57)58)28-38(70(62,63)64)32(34)15-17-36(43)49(40)21-23-66-5/h9,11-12,14-17,25-28H,6-8,10,13,18-24H2,1-5H3,(H5-,47,50,51,52,53,54,55,56,57,58,59,60,61,62,63,64)/p-3. The fourth-order valence-corrected chi connectivity index (χ4v) is 12.2. The first kappa shape index (κ1) is 54.2. The Morgan fingerprint density at radius 2 is 1.39 bits per heavy atom. The van der Waals surface area contributed by atoms with Gasteiger partial charge in [0, 0.05) is 91.4 Å². The molecule has 0 saturated carbocycles. The molecule has 70 heavy (non-hydrogen) atoms. The van der Waals surface area contributed by atoms with E-state index in [1.807, 2.05) is 18.4 Å². The number of rotatable bonds is 22. The van der Waals surface area contributed by atoms with Crippen LogP contribution in [0.25, 0.3) is 21.5 Å². The van der Waals surface area contributed by atoms with Gasteiger partial charge in [-0.2, -0.15) is 4.58 Å². The van der Waals surface area contributed by atoms with Gasteiger partial charge in [0.15, 0.2) is 5.71 Å². The van der Waals surface area contributed by atoms with Gasteiger partial charge in [0.2, 0.25) is 5.69 Å². The molecule has 2 heterocycles. The highest BCUT2D eigenvalue weighted by molar-refractivity contribution is 7.87. The summed E-state index contributed by atoms with van der Waals surface area (Å²) in [7, 11) is -17.8. The summed E-state index contributed by atoms with van der Waals surface area (Å²) in [6, 6.07) is 9.96. The molecule has 0 aliphatic carbocycles. The molecule has 1 atom stereocenters. The third-order valence-electron chi connectivity index (χ3n) is 12.7. The van der Waals surface area contributed by atoms with E-state index in [4.69, 9.17) is 9.47 Å². The number of aliphatic carboxylic acids is 1. The second-order valence-electron chi connectivity index (χ2n) is 17.7. The van der Waals surface area contributed by atoms with Crippen molar-refractivity contribution in [2.24, 2.45) is 0 Å². The van der Waals surface area contributed by atoms with Gasteiger partial charge in [0.1, 0.15) is 36.9 Å². The van der Waals surface area contributed by atoms with E-state index in [1.165, 1.54) is 38.5 Å². The Balaban J connectivity index is 1.60. The van der Waals surface area contributed by atoms with Crippen molar-refractivity contribution in [3.05, 3.63) is 89.1 Å². The van der Waals surface area contributed by atoms with Crippen LogP contribution in [0.2, 0.25) is 0 Å². The number of nitrogens with zero attached hydrogens (tertiary/aromatic N) is 2. The zero-order chi connectivity index (χ0) is 51.8. The highest BCUT2D eigenvalue weighted by Gasteiger charge is 2.47. The number of hydrogen-bond donors (Lipinski definition) is 2. The summed E-state index contributed by atoms with van der Waals surface area (Å²) < 4.78 is 162. The van der Waals surface area contributed by atoms with Gasteiger partial charge in [-0.15, -0.1) is 0 Å². The van der Waals surface area contributed by atoms with Gasteiger partial charge in [0.05, 0.1) is 43.4 Å². The molecular formula is C46H52N3O17S4-3. The Kier molecular flexibility index (Phi) is 15.9. The summed E-state index contributed by atoms with van der Waals surface area (Å²) in [6.45, 7) is 6.17. The molecule has 2 N–H and O–H groups in total. The lowest BCUT2D eigenvalue weighted by atomic mass is 9.75. The smallest absolute Gasteiger partial charge is 0.303 e. The van der Waals surface area contributed by atoms with Crippen LogP contribution < -0.4 is 10.2 Å². The number of carboxylic acids is 1. The van der Waals surface area contributed by atoms with Crippen molar-refractivity contribution in [1.82, 2.24) is 5.32 Å². The third kappa shape index (κ3) is 11.3. The lowest BCUT2D eigenvalue weighted by molar-refractivity contribution is -0.438. The van der Waals surface area contributed by atoms with Crippen molar-refractivity contribution in [3.63, 3.8) is 0 Å². The number of carbonyl (C=O) groups excluding carboxylic acids is 1. The van der Waals surface area contributed by atoms with Gasteiger partial charge in [-0.1, -0.05) is 12.1 Å². The average molecular weight is 1050 g/mol. The number of benzene rings is 4. The topological polar surface area (TPSA) is 320 Å². The zero-order valence-corrected chi connectivity index (χ0v) is 42.1. The molecule has 4 aromatic carbocycles. The van der Waals surface area contributed by atoms with E-state index in [2.05, 4.69) is 5.32 Å². The minimum atomic E-state index is -5.39. The number of fused-ring (bicyclic) bond motifs is 6. The van der Waals surface area contributed by atoms with E-state index in [-0.39, 0.29) is 72.9 Å². The van der Waals surface area contributed by atoms with E-state index in [1.54, 1.807) is 36.1 Å². The molecule has 6 rings (SSSR count). The van der Waals surface area contributed by atoms with E-state index in [0.717, 1.165) is 12.1 Å². The van der Waals surface area contributed by atoms with Gasteiger partial charge in [0.25, 0.3) is 5.91 Å². The first-order chi connectivity index (χ1) is 32.6. The molecule has 0 aromatic heterocycles. The highest BCUT2D eigenvalue weighted by Crippen LogP contribution is 2.54. The Hall–Kier alpha value is -5.15. The second-order valence-corrected chi connectivity index (χ2v) is 23.3. The number of allylic oxidation sites excluding steroid dienone is 4. The predicted molar refractivity (Wildman–Crippen MR) is 253 cm³/mol. The maximum atomic E-state index is 13.4. The molecule has 1 amide bonds. The number of carboxylic acid groups (broad SMARTS) is 1. The first-order valence-electron chi connectivity index (χ1n) is 21.9. The molecule has 0 fully saturated rings. The average Bonchev–Trinajstić information content (AvgIpc) is 3.62. The minimum Gasteiger partial charge on any atom is -0.748 e. The summed E-state index contributed by atoms with van der Waals surface area (Å²) in [4.78, 5) is 23.9. The van der Waals surface area contributed by atoms with Crippen LogP contribution in [0.3, 0.4) is 0 Å². The number of nitrogens with one attached hydrogen (secondary N) is 1. The summed E-state index contributed by atoms with van der Waals surface area (Å²) in [5, 5.41) is 12.0. The van der Waals surface area contributed by atoms with Crippen molar-refractivity contribution >= 4 is 91.0 Å². The van der Waals surface area contributed by atoms with Crippen LogP contribution in [0.15, 0.2) is 87.1 Å². The van der Waals surface area contributed by atoms with Crippen LogP contribution in [0.5, 0.6) is 0 Å². The van der Waals surface area contributed by atoms with Gasteiger partial charge >= 0.3 is 5.97 Å². The van der Waals surface area contributed by atoms with Crippen molar-refractivity contribution < 1.29 is 80.6 Å². The Morgan fingerprint density at radius 3 is 1.99 bits per heavy atom. The molecule has 0 radical (unpaired) electrons. The second kappa shape index (κ2) is 20.5. The van der Waals surface area contributed by atoms with Gasteiger partial charge in [-0.3, -0.25) is 9.59 Å². The number of unbranched alkanes of at least 4 members (excludes halogenated alkanes) is 2. The van der Waals surface area contributed by atoms with Gasteiger partial charge in [-0.05, 0) is 111 Å². The molecule has 4 aromatic rings. The molecule has 0 saturated heterocycles. The normalized spacial score (nSPS) is 17.8. The van der Waals surface area contributed by atoms with Crippen molar-refractivity contribution in [3.8, 4) is 0 Å². The summed E-state index contributed by atoms with van der Waals surface area (Å²) in [5.41, 5.74) is 0.348. The molecule has 2 aliphatic heterocycles. The number of hydrogen-bond acceptors (Lipinski definition) is 17. The highest BCUT2D eigenvalue weighted by atomic mass is 32.2. The van der Waals surface area contributed by atoms with E-state index >= 15 is 0 Å². The third-order valence-corrected chi connectivity index (χ3v) is 16.1. The summed E-state index contributed by atoms with van der Waals surface area (Å²) in [5.74, 6) is -2.42. The predicted octanol–water partition coefficient (Wildman–Crippen LogP) is 4.29. The molecule has 2 aliphatic rings. The number of anilines is 1. The van der Waals surface area contributed by atoms with Crippen LogP contribution in [0.1, 0.15) is 80.8 Å². The molecular weight excluding hydrogens is 995 g/mol. The Labute approximate surface area is 406 Å². The molecule has 20 nitrogen and oxygen atoms in total. The molecule has 380 valence electrons. The summed E-state index contributed by atoms with van der Waals surface area (Å²) >= 11 is 0. The van der Waals surface area contributed by atoms with E-state index < -0.39 is 83.6 Å². The van der Waals surface area contributed by atoms with Crippen molar-refractivity contribution in [2.75, 3.05) is 57.7 Å². The quantitative estimate of drug-likeness (QED) is 0.0630. The lowest BCUT2D eigenvalue weighted by Crippen LogP contribution is -2.31. The number of carbonyl (C=O) groups is 2. The minimum absolute atomic E-state index is 0.0583. The van der Waals surface area contributed by atoms with Crippen LogP contribution >= 0.6 is 0 Å². The summed E-state index contributed by atoms with van der Waals surface area (Å²) in [6.07, 6.45) is 6.12. The van der Waals surface area contributed by atoms with Crippen molar-refractivity contribution in [1.29, 1.82) is 0 Å². The van der Waals surface area contributed by atoms with Crippen LogP contribution in [-0.4, -0.2) is 132 Å². The molecule has 1 unspecified atom stereocenters. The van der Waals surface area contributed by atoms with Gasteiger partial charge in [-0.25, -0.2) is 33.7 Å².